The predicted molar refractivity (Wildman–Crippen MR) is 211 cm³/mol. The van der Waals surface area contributed by atoms with E-state index in [9.17, 15) is 39.5 Å². The van der Waals surface area contributed by atoms with Crippen molar-refractivity contribution in [1.82, 2.24) is 0 Å². The average Bonchev–Trinajstić information content (AvgIpc) is 3.80. The van der Waals surface area contributed by atoms with E-state index in [0.717, 1.165) is 63.2 Å². The molecule has 3 atom stereocenters. The molecule has 0 aromatic heterocycles. The van der Waals surface area contributed by atoms with Gasteiger partial charge in [-0.15, -0.1) is 0 Å². The van der Waals surface area contributed by atoms with E-state index in [0.29, 0.717) is 55.3 Å². The topological polar surface area (TPSA) is 0 Å². The summed E-state index contributed by atoms with van der Waals surface area (Å²) < 4.78 is 113. The minimum absolute atomic E-state index is 0. The second-order valence-electron chi connectivity index (χ2n) is 20.6. The molecule has 0 amide bonds. The molecule has 5 fully saturated rings. The van der Waals surface area contributed by atoms with Crippen LogP contribution in [0.25, 0.3) is 0 Å². The van der Waals surface area contributed by atoms with Gasteiger partial charge in [-0.3, -0.25) is 0 Å². The van der Waals surface area contributed by atoms with Crippen molar-refractivity contribution < 1.29 is 39.5 Å². The van der Waals surface area contributed by atoms with Crippen LogP contribution >= 0.6 is 0 Å². The fraction of sp³-hybridized carbons (Fsp3) is 1.00. The van der Waals surface area contributed by atoms with Crippen LogP contribution in [-0.4, -0.2) is 29.4 Å². The normalized spacial score (nSPS) is 30.4. The zero-order chi connectivity index (χ0) is 41.2. The van der Waals surface area contributed by atoms with E-state index in [2.05, 4.69) is 41.5 Å². The Kier molecular flexibility index (Phi) is 21.7. The molecule has 0 aliphatic heterocycles. The Morgan fingerprint density at radius 2 is 0.852 bits per heavy atom. The third kappa shape index (κ3) is 22.3. The number of hydrogen-bond donors (Lipinski definition) is 0. The molecule has 5 aliphatic rings. The number of rotatable bonds is 10. The molecule has 326 valence electrons. The molecule has 54 heavy (non-hydrogen) atoms. The molecule has 0 bridgehead atoms. The molecule has 9 heteroatoms. The standard InChI is InChI=1S/C10H18F2.C10H19F.C9H17F.C8H13F3.C7H12F2.CH4/c1-8(2)7-9-3-5-10(11,12)6-4-9;1-8(2)6-9-4-5-10(3,11)7-9;1-7(2)4-8-5-9(3,10)6-8;1-6(2)5-7(3-4-7)8(9,10)11;1-5(2)3-6-4-7(6,8)9;/h8-9H,3-7H2,1-2H3;8-9H,4-7H2,1-3H3;7-8H,4-6H2,1-3H3;6H,3-5H2,1-2H3;5-6H,3-4H2,1-2H3;1H4. The molecule has 0 saturated heterocycles. The van der Waals surface area contributed by atoms with Crippen LogP contribution in [0, 0.1) is 58.7 Å². The van der Waals surface area contributed by atoms with Crippen LogP contribution in [0.2, 0.25) is 0 Å². The molecule has 0 heterocycles. The van der Waals surface area contributed by atoms with Crippen LogP contribution in [0.3, 0.4) is 0 Å². The average molecular weight is 795 g/mol. The lowest BCUT2D eigenvalue weighted by Gasteiger charge is -2.39. The second kappa shape index (κ2) is 21.9. The minimum Gasteiger partial charge on any atom is -0.244 e. The molecule has 0 aromatic carbocycles. The molecule has 5 aliphatic carbocycles. The van der Waals surface area contributed by atoms with E-state index in [1.54, 1.807) is 13.8 Å². The fourth-order valence-corrected chi connectivity index (χ4v) is 8.79. The van der Waals surface area contributed by atoms with Gasteiger partial charge in [0.25, 0.3) is 5.92 Å². The Morgan fingerprint density at radius 1 is 0.481 bits per heavy atom. The van der Waals surface area contributed by atoms with Gasteiger partial charge in [0, 0.05) is 25.2 Å². The Bertz CT molecular complexity index is 984. The maximum absolute atomic E-state index is 13.3. The highest BCUT2D eigenvalue weighted by Gasteiger charge is 2.62. The maximum Gasteiger partial charge on any atom is 0.394 e. The van der Waals surface area contributed by atoms with E-state index in [-0.39, 0.29) is 38.5 Å². The third-order valence-corrected chi connectivity index (χ3v) is 11.4. The lowest BCUT2D eigenvalue weighted by Crippen LogP contribution is -2.37. The molecule has 0 radical (unpaired) electrons. The summed E-state index contributed by atoms with van der Waals surface area (Å²) in [4.78, 5) is 0. The summed E-state index contributed by atoms with van der Waals surface area (Å²) in [5, 5.41) is 0. The van der Waals surface area contributed by atoms with Crippen molar-refractivity contribution in [3.05, 3.63) is 0 Å². The molecular formula is C45H83F9. The summed E-state index contributed by atoms with van der Waals surface area (Å²) in [6, 6.07) is 0. The summed E-state index contributed by atoms with van der Waals surface area (Å²) >= 11 is 0. The molecule has 0 N–H and O–H groups in total. The molecule has 5 rings (SSSR count). The number of hydrogen-bond acceptors (Lipinski definition) is 0. The van der Waals surface area contributed by atoms with E-state index < -0.39 is 34.8 Å². The summed E-state index contributed by atoms with van der Waals surface area (Å²) in [7, 11) is 0. The van der Waals surface area contributed by atoms with Crippen molar-refractivity contribution in [2.45, 2.75) is 229 Å². The maximum atomic E-state index is 13.3. The van der Waals surface area contributed by atoms with Crippen LogP contribution in [0.15, 0.2) is 0 Å². The summed E-state index contributed by atoms with van der Waals surface area (Å²) in [5.74, 6) is -0.362. The smallest absolute Gasteiger partial charge is 0.244 e. The first-order valence-electron chi connectivity index (χ1n) is 21.1. The summed E-state index contributed by atoms with van der Waals surface area (Å²) in [5.41, 5.74) is -2.96. The minimum atomic E-state index is -3.96. The molecule has 0 aromatic rings. The molecular weight excluding hydrogens is 711 g/mol. The summed E-state index contributed by atoms with van der Waals surface area (Å²) in [6.45, 7) is 24.3. The van der Waals surface area contributed by atoms with Crippen molar-refractivity contribution in [3.8, 4) is 0 Å². The van der Waals surface area contributed by atoms with Crippen LogP contribution in [0.4, 0.5) is 39.5 Å². The van der Waals surface area contributed by atoms with Gasteiger partial charge in [-0.05, 0) is 151 Å². The van der Waals surface area contributed by atoms with Crippen molar-refractivity contribution in [3.63, 3.8) is 0 Å². The van der Waals surface area contributed by atoms with Crippen molar-refractivity contribution >= 4 is 0 Å². The van der Waals surface area contributed by atoms with Gasteiger partial charge in [0.05, 0.1) is 5.41 Å². The van der Waals surface area contributed by atoms with Gasteiger partial charge in [0.1, 0.15) is 11.3 Å². The molecule has 5 saturated carbocycles. The van der Waals surface area contributed by atoms with E-state index in [1.807, 2.05) is 27.7 Å². The van der Waals surface area contributed by atoms with Gasteiger partial charge in [0.2, 0.25) is 5.92 Å². The highest BCUT2D eigenvalue weighted by molar-refractivity contribution is 4.99. The van der Waals surface area contributed by atoms with E-state index >= 15 is 0 Å². The van der Waals surface area contributed by atoms with Crippen LogP contribution in [0.1, 0.15) is 200 Å². The van der Waals surface area contributed by atoms with Crippen LogP contribution < -0.4 is 0 Å². The number of halogens is 9. The lowest BCUT2D eigenvalue weighted by molar-refractivity contribution is -0.191. The zero-order valence-electron chi connectivity index (χ0n) is 35.6. The Labute approximate surface area is 326 Å². The van der Waals surface area contributed by atoms with Crippen LogP contribution in [0.5, 0.6) is 0 Å². The van der Waals surface area contributed by atoms with Crippen LogP contribution in [-0.2, 0) is 0 Å². The van der Waals surface area contributed by atoms with Gasteiger partial charge >= 0.3 is 6.18 Å². The Hall–Kier alpha value is -0.630. The largest absolute Gasteiger partial charge is 0.394 e. The van der Waals surface area contributed by atoms with Crippen molar-refractivity contribution in [2.24, 2.45) is 58.7 Å². The molecule has 0 spiro atoms. The highest BCUT2D eigenvalue weighted by Crippen LogP contribution is 2.61. The van der Waals surface area contributed by atoms with Crippen molar-refractivity contribution in [1.29, 1.82) is 0 Å². The van der Waals surface area contributed by atoms with Gasteiger partial charge in [-0.1, -0.05) is 76.7 Å². The Morgan fingerprint density at radius 3 is 1.11 bits per heavy atom. The first kappa shape index (κ1) is 53.4. The molecule has 3 unspecified atom stereocenters. The van der Waals surface area contributed by atoms with E-state index in [1.165, 1.54) is 12.8 Å². The SMILES string of the molecule is C.CC(C)CC1(C(F)(F)F)CC1.CC(C)CC1CC(C)(F)C1.CC(C)CC1CC1(F)F.CC(C)CC1CCC(C)(F)C1.CC(C)CC1CCC(F)(F)CC1. The molecule has 0 nitrogen and oxygen atoms in total. The Balaban J connectivity index is 0.000000649. The van der Waals surface area contributed by atoms with Gasteiger partial charge in [-0.2, -0.15) is 13.2 Å². The highest BCUT2D eigenvalue weighted by atomic mass is 19.4. The fourth-order valence-electron chi connectivity index (χ4n) is 8.79. The van der Waals surface area contributed by atoms with Gasteiger partial charge in [0.15, 0.2) is 0 Å². The lowest BCUT2D eigenvalue weighted by atomic mass is 9.70. The second-order valence-corrected chi connectivity index (χ2v) is 20.6. The quantitative estimate of drug-likeness (QED) is 0.193. The summed E-state index contributed by atoms with van der Waals surface area (Å²) in [6.07, 6.45) is 7.34. The van der Waals surface area contributed by atoms with Gasteiger partial charge < -0.3 is 0 Å². The first-order valence-corrected chi connectivity index (χ1v) is 21.1. The third-order valence-electron chi connectivity index (χ3n) is 11.4. The predicted octanol–water partition coefficient (Wildman–Crippen LogP) is 17.3. The zero-order valence-corrected chi connectivity index (χ0v) is 35.6. The van der Waals surface area contributed by atoms with E-state index in [4.69, 9.17) is 0 Å². The van der Waals surface area contributed by atoms with Gasteiger partial charge in [-0.25, -0.2) is 26.3 Å². The first-order chi connectivity index (χ1) is 23.9. The van der Waals surface area contributed by atoms with Crippen molar-refractivity contribution in [2.75, 3.05) is 0 Å². The monoisotopic (exact) mass is 795 g/mol. The number of alkyl halides is 9.